The number of ether oxygens (including phenoxy) is 1. The van der Waals surface area contributed by atoms with Gasteiger partial charge in [-0.2, -0.15) is 0 Å². The van der Waals surface area contributed by atoms with Gasteiger partial charge in [-0.1, -0.05) is 13.8 Å². The standard InChI is InChI=1S/C19H20F2N2O5/c1-10(2)16(23-18(25)15-5-4-8-27-15)19(26)28-11(3)17(24)22-14-9-12(20)6-7-13(14)21/h4-11,16H,1-3H3,(H,22,24)(H,23,25)/t11?,16-/m0/s1. The molecule has 2 amide bonds. The first-order chi connectivity index (χ1) is 13.2. The highest BCUT2D eigenvalue weighted by Crippen LogP contribution is 2.16. The molecule has 0 saturated carbocycles. The van der Waals surface area contributed by atoms with E-state index >= 15 is 0 Å². The smallest absolute Gasteiger partial charge is 0.329 e. The molecule has 2 rings (SSSR count). The average Bonchev–Trinajstić information content (AvgIpc) is 3.16. The molecule has 0 radical (unpaired) electrons. The number of anilines is 1. The normalized spacial score (nSPS) is 12.9. The number of carbonyl (C=O) groups excluding carboxylic acids is 3. The number of amides is 2. The van der Waals surface area contributed by atoms with Gasteiger partial charge in [0.25, 0.3) is 11.8 Å². The predicted octanol–water partition coefficient (Wildman–Crippen LogP) is 2.88. The molecule has 0 bridgehead atoms. The Bertz CT molecular complexity index is 852. The van der Waals surface area contributed by atoms with E-state index in [0.29, 0.717) is 0 Å². The van der Waals surface area contributed by atoms with Crippen molar-refractivity contribution in [3.8, 4) is 0 Å². The second-order valence-electron chi connectivity index (χ2n) is 6.36. The lowest BCUT2D eigenvalue weighted by Gasteiger charge is -2.22. The topological polar surface area (TPSA) is 97.6 Å². The van der Waals surface area contributed by atoms with Gasteiger partial charge in [0.05, 0.1) is 12.0 Å². The molecule has 28 heavy (non-hydrogen) atoms. The van der Waals surface area contributed by atoms with Gasteiger partial charge in [-0.3, -0.25) is 9.59 Å². The minimum Gasteiger partial charge on any atom is -0.459 e. The maximum absolute atomic E-state index is 13.6. The zero-order valence-corrected chi connectivity index (χ0v) is 15.5. The van der Waals surface area contributed by atoms with E-state index in [0.717, 1.165) is 18.2 Å². The lowest BCUT2D eigenvalue weighted by molar-refractivity contribution is -0.156. The van der Waals surface area contributed by atoms with Crippen LogP contribution in [-0.4, -0.2) is 29.9 Å². The van der Waals surface area contributed by atoms with Gasteiger partial charge in [-0.25, -0.2) is 13.6 Å². The molecule has 1 aromatic carbocycles. The Hall–Kier alpha value is -3.23. The van der Waals surface area contributed by atoms with Gasteiger partial charge >= 0.3 is 5.97 Å². The van der Waals surface area contributed by atoms with Gasteiger partial charge in [0.1, 0.15) is 17.7 Å². The molecule has 2 atom stereocenters. The number of rotatable bonds is 7. The van der Waals surface area contributed by atoms with E-state index in [2.05, 4.69) is 10.6 Å². The van der Waals surface area contributed by atoms with Crippen LogP contribution >= 0.6 is 0 Å². The summed E-state index contributed by atoms with van der Waals surface area (Å²) in [7, 11) is 0. The Morgan fingerprint density at radius 3 is 2.43 bits per heavy atom. The second-order valence-corrected chi connectivity index (χ2v) is 6.36. The van der Waals surface area contributed by atoms with Crippen molar-refractivity contribution in [1.29, 1.82) is 0 Å². The van der Waals surface area contributed by atoms with E-state index in [-0.39, 0.29) is 17.4 Å². The quantitative estimate of drug-likeness (QED) is 0.704. The van der Waals surface area contributed by atoms with Crippen LogP contribution in [0, 0.1) is 17.6 Å². The van der Waals surface area contributed by atoms with E-state index < -0.39 is 41.6 Å². The first kappa shape index (κ1) is 21.1. The molecule has 0 aliphatic rings. The zero-order chi connectivity index (χ0) is 20.8. The summed E-state index contributed by atoms with van der Waals surface area (Å²) in [6, 6.07) is 4.49. The van der Waals surface area contributed by atoms with Crippen molar-refractivity contribution >= 4 is 23.5 Å². The number of furan rings is 1. The Balaban J connectivity index is 2.00. The maximum atomic E-state index is 13.6. The highest BCUT2D eigenvalue weighted by molar-refractivity contribution is 5.97. The van der Waals surface area contributed by atoms with E-state index in [1.165, 1.54) is 25.3 Å². The van der Waals surface area contributed by atoms with E-state index in [1.807, 2.05) is 0 Å². The summed E-state index contributed by atoms with van der Waals surface area (Å²) in [4.78, 5) is 36.6. The summed E-state index contributed by atoms with van der Waals surface area (Å²) in [6.45, 7) is 4.64. The molecule has 0 aliphatic heterocycles. The van der Waals surface area contributed by atoms with Crippen LogP contribution in [0.3, 0.4) is 0 Å². The van der Waals surface area contributed by atoms with Crippen LogP contribution < -0.4 is 10.6 Å². The number of hydrogen-bond donors (Lipinski definition) is 2. The van der Waals surface area contributed by atoms with Crippen LogP contribution in [0.1, 0.15) is 31.3 Å². The Morgan fingerprint density at radius 2 is 1.82 bits per heavy atom. The van der Waals surface area contributed by atoms with Gasteiger partial charge in [0.2, 0.25) is 0 Å². The van der Waals surface area contributed by atoms with Gasteiger partial charge in [-0.05, 0) is 37.1 Å². The van der Waals surface area contributed by atoms with Gasteiger partial charge in [-0.15, -0.1) is 0 Å². The fourth-order valence-corrected chi connectivity index (χ4v) is 2.25. The van der Waals surface area contributed by atoms with Crippen LogP contribution in [0.4, 0.5) is 14.5 Å². The summed E-state index contributed by atoms with van der Waals surface area (Å²) in [6.07, 6.45) is 0.00666. The third-order valence-electron chi connectivity index (χ3n) is 3.80. The van der Waals surface area contributed by atoms with Crippen molar-refractivity contribution in [2.45, 2.75) is 32.9 Å². The highest BCUT2D eigenvalue weighted by Gasteiger charge is 2.30. The van der Waals surface area contributed by atoms with Crippen LogP contribution in [0.5, 0.6) is 0 Å². The van der Waals surface area contributed by atoms with Crippen LogP contribution in [0.2, 0.25) is 0 Å². The Labute approximate surface area is 160 Å². The van der Waals surface area contributed by atoms with Crippen molar-refractivity contribution in [2.24, 2.45) is 5.92 Å². The molecule has 0 fully saturated rings. The number of nitrogens with one attached hydrogen (secondary N) is 2. The van der Waals surface area contributed by atoms with Crippen molar-refractivity contribution in [3.63, 3.8) is 0 Å². The summed E-state index contributed by atoms with van der Waals surface area (Å²) in [5, 5.41) is 4.63. The fourth-order valence-electron chi connectivity index (χ4n) is 2.25. The minimum absolute atomic E-state index is 0.0193. The molecule has 1 heterocycles. The lowest BCUT2D eigenvalue weighted by atomic mass is 10.0. The lowest BCUT2D eigenvalue weighted by Crippen LogP contribution is -2.47. The van der Waals surface area contributed by atoms with Crippen molar-refractivity contribution in [2.75, 3.05) is 5.32 Å². The summed E-state index contributed by atoms with van der Waals surface area (Å²) in [5.41, 5.74) is -0.376. The van der Waals surface area contributed by atoms with E-state index in [1.54, 1.807) is 13.8 Å². The Kier molecular flexibility index (Phi) is 6.86. The largest absolute Gasteiger partial charge is 0.459 e. The third kappa shape index (κ3) is 5.38. The van der Waals surface area contributed by atoms with Crippen molar-refractivity contribution in [3.05, 3.63) is 54.0 Å². The van der Waals surface area contributed by atoms with Crippen molar-refractivity contribution in [1.82, 2.24) is 5.32 Å². The zero-order valence-electron chi connectivity index (χ0n) is 15.5. The molecular weight excluding hydrogens is 374 g/mol. The maximum Gasteiger partial charge on any atom is 0.329 e. The van der Waals surface area contributed by atoms with E-state index in [9.17, 15) is 23.2 Å². The van der Waals surface area contributed by atoms with Crippen molar-refractivity contribution < 1.29 is 32.3 Å². The van der Waals surface area contributed by atoms with Crippen LogP contribution in [-0.2, 0) is 14.3 Å². The monoisotopic (exact) mass is 394 g/mol. The first-order valence-corrected chi connectivity index (χ1v) is 8.49. The molecule has 7 nitrogen and oxygen atoms in total. The molecule has 9 heteroatoms. The number of hydrogen-bond acceptors (Lipinski definition) is 5. The van der Waals surface area contributed by atoms with Crippen LogP contribution in [0.25, 0.3) is 0 Å². The number of esters is 1. The SMILES string of the molecule is CC(OC(=O)[C@@H](NC(=O)c1ccco1)C(C)C)C(=O)Nc1cc(F)ccc1F. The average molecular weight is 394 g/mol. The molecular formula is C19H20F2N2O5. The molecule has 1 aromatic heterocycles. The highest BCUT2D eigenvalue weighted by atomic mass is 19.1. The molecule has 0 saturated heterocycles. The summed E-state index contributed by atoms with van der Waals surface area (Å²) < 4.78 is 36.9. The molecule has 1 unspecified atom stereocenters. The molecule has 150 valence electrons. The van der Waals surface area contributed by atoms with Gasteiger partial charge in [0, 0.05) is 6.07 Å². The molecule has 0 spiro atoms. The fraction of sp³-hybridized carbons (Fsp3) is 0.316. The Morgan fingerprint density at radius 1 is 1.11 bits per heavy atom. The number of benzene rings is 1. The van der Waals surface area contributed by atoms with Gasteiger partial charge < -0.3 is 19.8 Å². The second kappa shape index (κ2) is 9.12. The predicted molar refractivity (Wildman–Crippen MR) is 95.3 cm³/mol. The van der Waals surface area contributed by atoms with E-state index in [4.69, 9.17) is 9.15 Å². The minimum atomic E-state index is -1.31. The number of halogens is 2. The third-order valence-corrected chi connectivity index (χ3v) is 3.80. The summed E-state index contributed by atoms with van der Waals surface area (Å²) >= 11 is 0. The molecule has 0 aliphatic carbocycles. The van der Waals surface area contributed by atoms with Gasteiger partial charge in [0.15, 0.2) is 11.9 Å². The molecule has 2 N–H and O–H groups in total. The number of carbonyl (C=O) groups is 3. The summed E-state index contributed by atoms with van der Waals surface area (Å²) in [5.74, 6) is -4.20. The first-order valence-electron chi connectivity index (χ1n) is 8.49. The van der Waals surface area contributed by atoms with Crippen LogP contribution in [0.15, 0.2) is 41.0 Å². The molecule has 2 aromatic rings.